The van der Waals surface area contributed by atoms with E-state index in [9.17, 15) is 8.78 Å². The van der Waals surface area contributed by atoms with Gasteiger partial charge in [-0.2, -0.15) is 13.5 Å². The van der Waals surface area contributed by atoms with Crippen LogP contribution in [-0.4, -0.2) is 9.78 Å². The van der Waals surface area contributed by atoms with Crippen LogP contribution in [-0.2, 0) is 4.96 Å². The van der Waals surface area contributed by atoms with Gasteiger partial charge < -0.3 is 4.74 Å². The molecule has 0 aliphatic rings. The second-order valence-electron chi connectivity index (χ2n) is 2.98. The summed E-state index contributed by atoms with van der Waals surface area (Å²) in [5.41, 5.74) is 0. The molecule has 84 valence electrons. The summed E-state index contributed by atoms with van der Waals surface area (Å²) in [6.07, 6.45) is 1.13. The summed E-state index contributed by atoms with van der Waals surface area (Å²) in [6.45, 7) is 0. The van der Waals surface area contributed by atoms with Crippen LogP contribution >= 0.6 is 15.9 Å². The van der Waals surface area contributed by atoms with E-state index >= 15 is 0 Å². The van der Waals surface area contributed by atoms with E-state index in [0.29, 0.717) is 10.4 Å². The van der Waals surface area contributed by atoms with Crippen molar-refractivity contribution in [2.45, 2.75) is 4.96 Å². The number of halogens is 3. The lowest BCUT2D eigenvalue weighted by atomic mass is 10.3. The number of alkyl halides is 3. The summed E-state index contributed by atoms with van der Waals surface area (Å²) < 4.78 is 31.3. The van der Waals surface area contributed by atoms with Crippen molar-refractivity contribution in [2.75, 3.05) is 0 Å². The van der Waals surface area contributed by atoms with Gasteiger partial charge in [0.15, 0.2) is 0 Å². The van der Waals surface area contributed by atoms with Gasteiger partial charge >= 0.3 is 4.96 Å². The SMILES string of the molecule is FC(F)(Br)n1ccc(Oc2ccccc2)n1. The lowest BCUT2D eigenvalue weighted by Gasteiger charge is -2.07. The molecule has 2 rings (SSSR count). The van der Waals surface area contributed by atoms with E-state index in [1.807, 2.05) is 6.07 Å². The van der Waals surface area contributed by atoms with Crippen molar-refractivity contribution in [3.8, 4) is 11.6 Å². The third-order valence-corrected chi connectivity index (χ3v) is 2.15. The molecule has 0 bridgehead atoms. The summed E-state index contributed by atoms with van der Waals surface area (Å²) in [4.78, 5) is -3.20. The molecule has 2 aromatic rings. The molecule has 0 fully saturated rings. The highest BCUT2D eigenvalue weighted by Crippen LogP contribution is 2.29. The molecule has 0 amide bonds. The van der Waals surface area contributed by atoms with Gasteiger partial charge in [-0.1, -0.05) is 18.2 Å². The van der Waals surface area contributed by atoms with Gasteiger partial charge in [-0.3, -0.25) is 0 Å². The van der Waals surface area contributed by atoms with E-state index < -0.39 is 4.96 Å². The Morgan fingerprint density at radius 2 is 1.88 bits per heavy atom. The van der Waals surface area contributed by atoms with Crippen LogP contribution in [0.1, 0.15) is 0 Å². The molecule has 0 unspecified atom stereocenters. The van der Waals surface area contributed by atoms with E-state index in [0.717, 1.165) is 6.20 Å². The summed E-state index contributed by atoms with van der Waals surface area (Å²) in [6, 6.07) is 10.2. The van der Waals surface area contributed by atoms with Crippen LogP contribution < -0.4 is 4.74 Å². The highest BCUT2D eigenvalue weighted by atomic mass is 79.9. The Kier molecular flexibility index (Phi) is 2.91. The standard InChI is InChI=1S/C10H7BrF2N2O/c11-10(12,13)15-7-6-9(14-15)16-8-4-2-1-3-5-8/h1-7H. The van der Waals surface area contributed by atoms with E-state index in [1.165, 1.54) is 6.07 Å². The van der Waals surface area contributed by atoms with Crippen LogP contribution in [0.25, 0.3) is 0 Å². The average Bonchev–Trinajstić information content (AvgIpc) is 2.67. The van der Waals surface area contributed by atoms with Crippen molar-refractivity contribution >= 4 is 15.9 Å². The number of ether oxygens (including phenoxy) is 1. The summed E-state index contributed by atoms with van der Waals surface area (Å²) >= 11 is 2.20. The molecule has 0 saturated heterocycles. The molecule has 16 heavy (non-hydrogen) atoms. The second kappa shape index (κ2) is 4.21. The van der Waals surface area contributed by atoms with Crippen molar-refractivity contribution in [1.29, 1.82) is 0 Å². The number of nitrogens with zero attached hydrogens (tertiary/aromatic N) is 2. The van der Waals surface area contributed by atoms with E-state index in [-0.39, 0.29) is 5.88 Å². The van der Waals surface area contributed by atoms with Crippen molar-refractivity contribution in [3.05, 3.63) is 42.6 Å². The van der Waals surface area contributed by atoms with Gasteiger partial charge in [0.05, 0.1) is 0 Å². The Hall–Kier alpha value is -1.43. The molecule has 1 aromatic heterocycles. The Morgan fingerprint density at radius 1 is 1.19 bits per heavy atom. The minimum absolute atomic E-state index is 0.116. The fourth-order valence-corrected chi connectivity index (χ4v) is 1.31. The second-order valence-corrected chi connectivity index (χ2v) is 3.94. The number of para-hydroxylation sites is 1. The van der Waals surface area contributed by atoms with Crippen LogP contribution in [0.15, 0.2) is 42.6 Å². The molecule has 6 heteroatoms. The number of benzene rings is 1. The summed E-state index contributed by atoms with van der Waals surface area (Å²) in [5.74, 6) is 0.663. The average molecular weight is 289 g/mol. The van der Waals surface area contributed by atoms with Crippen LogP contribution in [0.4, 0.5) is 8.78 Å². The van der Waals surface area contributed by atoms with Crippen molar-refractivity contribution in [2.24, 2.45) is 0 Å². The van der Waals surface area contributed by atoms with Crippen LogP contribution in [0.3, 0.4) is 0 Å². The number of hydrogen-bond donors (Lipinski definition) is 0. The molecule has 1 aromatic carbocycles. The first kappa shape index (κ1) is 11.1. The van der Waals surface area contributed by atoms with Crippen LogP contribution in [0.2, 0.25) is 0 Å². The first-order valence-corrected chi connectivity index (χ1v) is 5.21. The molecule has 0 radical (unpaired) electrons. The fourth-order valence-electron chi connectivity index (χ4n) is 1.11. The monoisotopic (exact) mass is 288 g/mol. The molecule has 0 spiro atoms. The van der Waals surface area contributed by atoms with E-state index in [2.05, 4.69) is 21.0 Å². The first-order chi connectivity index (χ1) is 7.55. The zero-order valence-corrected chi connectivity index (χ0v) is 9.56. The molecule has 0 atom stereocenters. The van der Waals surface area contributed by atoms with Gasteiger partial charge in [-0.25, -0.2) is 0 Å². The third kappa shape index (κ3) is 2.57. The highest BCUT2D eigenvalue weighted by Gasteiger charge is 2.27. The molecular formula is C10H7BrF2N2O. The van der Waals surface area contributed by atoms with Gasteiger partial charge in [-0.15, -0.1) is 5.10 Å². The maximum atomic E-state index is 12.8. The van der Waals surface area contributed by atoms with Gasteiger partial charge in [-0.05, 0) is 12.1 Å². The molecular weight excluding hydrogens is 282 g/mol. The van der Waals surface area contributed by atoms with Gasteiger partial charge in [0.25, 0.3) is 0 Å². The topological polar surface area (TPSA) is 27.1 Å². The van der Waals surface area contributed by atoms with E-state index in [1.54, 1.807) is 24.3 Å². The third-order valence-electron chi connectivity index (χ3n) is 1.79. The Balaban J connectivity index is 2.15. The fraction of sp³-hybridized carbons (Fsp3) is 0.100. The molecule has 0 N–H and O–H groups in total. The molecule has 0 saturated carbocycles. The predicted octanol–water partition coefficient (Wildman–Crippen LogP) is 3.58. The van der Waals surface area contributed by atoms with Crippen LogP contribution in [0.5, 0.6) is 11.6 Å². The zero-order valence-electron chi connectivity index (χ0n) is 7.98. The van der Waals surface area contributed by atoms with Crippen molar-refractivity contribution in [3.63, 3.8) is 0 Å². The van der Waals surface area contributed by atoms with Gasteiger partial charge in [0, 0.05) is 28.2 Å². The van der Waals surface area contributed by atoms with E-state index in [4.69, 9.17) is 4.74 Å². The lowest BCUT2D eigenvalue weighted by molar-refractivity contribution is 0.0191. The normalized spacial score (nSPS) is 11.4. The summed E-state index contributed by atoms with van der Waals surface area (Å²) in [5, 5.41) is 3.57. The molecule has 0 aliphatic carbocycles. The Morgan fingerprint density at radius 3 is 2.44 bits per heavy atom. The number of hydrogen-bond acceptors (Lipinski definition) is 2. The predicted molar refractivity (Wildman–Crippen MR) is 57.9 cm³/mol. The molecule has 3 nitrogen and oxygen atoms in total. The largest absolute Gasteiger partial charge is 0.438 e. The lowest BCUT2D eigenvalue weighted by Crippen LogP contribution is -2.14. The van der Waals surface area contributed by atoms with Crippen molar-refractivity contribution in [1.82, 2.24) is 9.78 Å². The number of aromatic nitrogens is 2. The maximum absolute atomic E-state index is 12.8. The van der Waals surface area contributed by atoms with Crippen molar-refractivity contribution < 1.29 is 13.5 Å². The smallest absolute Gasteiger partial charge is 0.401 e. The summed E-state index contributed by atoms with van der Waals surface area (Å²) in [7, 11) is 0. The highest BCUT2D eigenvalue weighted by molar-refractivity contribution is 9.09. The van der Waals surface area contributed by atoms with Crippen LogP contribution in [0, 0.1) is 0 Å². The zero-order chi connectivity index (χ0) is 11.6. The first-order valence-electron chi connectivity index (χ1n) is 4.41. The minimum Gasteiger partial charge on any atom is -0.438 e. The molecule has 0 aliphatic heterocycles. The maximum Gasteiger partial charge on any atom is 0.401 e. The Labute approximate surface area is 98.8 Å². The minimum atomic E-state index is -3.20. The Bertz CT molecular complexity index is 467. The number of rotatable bonds is 3. The molecule has 1 heterocycles. The van der Waals surface area contributed by atoms with Gasteiger partial charge in [0.1, 0.15) is 5.75 Å². The van der Waals surface area contributed by atoms with Gasteiger partial charge in [0.2, 0.25) is 5.88 Å². The quantitative estimate of drug-likeness (QED) is 0.808.